The summed E-state index contributed by atoms with van der Waals surface area (Å²) in [6.07, 6.45) is -7.81. The highest BCUT2D eigenvalue weighted by Crippen LogP contribution is 2.41. The molecule has 2 amide bonds. The average molecular weight is 591 g/mol. The SMILES string of the molecule is CC1(NC(=O)c2ccc(OC(F)(F)F)cc2)CCC2(CC1)OCC(C)(NC(=O)c1ccc(OC(F)(F)F)cc1)CO2. The molecule has 0 radical (unpaired) electrons. The topological polar surface area (TPSA) is 95.1 Å². The molecule has 2 fully saturated rings. The first-order valence-electron chi connectivity index (χ1n) is 12.6. The number of ether oxygens (including phenoxy) is 4. The summed E-state index contributed by atoms with van der Waals surface area (Å²) >= 11 is 0. The molecule has 41 heavy (non-hydrogen) atoms. The molecule has 0 unspecified atom stereocenters. The molecule has 8 nitrogen and oxygen atoms in total. The molecular formula is C27H28F6N2O6. The summed E-state index contributed by atoms with van der Waals surface area (Å²) in [6.45, 7) is 3.81. The van der Waals surface area contributed by atoms with Crippen LogP contribution in [-0.2, 0) is 9.47 Å². The van der Waals surface area contributed by atoms with E-state index in [-0.39, 0.29) is 24.3 Å². The smallest absolute Gasteiger partial charge is 0.406 e. The van der Waals surface area contributed by atoms with Crippen molar-refractivity contribution in [1.29, 1.82) is 0 Å². The molecule has 2 aromatic carbocycles. The van der Waals surface area contributed by atoms with Crippen molar-refractivity contribution in [3.63, 3.8) is 0 Å². The van der Waals surface area contributed by atoms with E-state index in [9.17, 15) is 35.9 Å². The van der Waals surface area contributed by atoms with Crippen LogP contribution in [0.15, 0.2) is 48.5 Å². The van der Waals surface area contributed by atoms with E-state index in [4.69, 9.17) is 9.47 Å². The van der Waals surface area contributed by atoms with E-state index in [1.54, 1.807) is 6.92 Å². The summed E-state index contributed by atoms with van der Waals surface area (Å²) in [7, 11) is 0. The predicted octanol–water partition coefficient (Wildman–Crippen LogP) is 5.48. The second-order valence-corrected chi connectivity index (χ2v) is 10.7. The van der Waals surface area contributed by atoms with Gasteiger partial charge in [-0.2, -0.15) is 0 Å². The van der Waals surface area contributed by atoms with E-state index >= 15 is 0 Å². The Hall–Kier alpha value is -3.52. The number of alkyl halides is 6. The third kappa shape index (κ3) is 8.26. The molecule has 4 rings (SSSR count). The summed E-state index contributed by atoms with van der Waals surface area (Å²) in [5.74, 6) is -2.75. The van der Waals surface area contributed by atoms with Crippen LogP contribution in [0.3, 0.4) is 0 Å². The van der Waals surface area contributed by atoms with Crippen molar-refractivity contribution >= 4 is 11.8 Å². The minimum atomic E-state index is -4.84. The van der Waals surface area contributed by atoms with E-state index in [1.807, 2.05) is 6.92 Å². The third-order valence-electron chi connectivity index (χ3n) is 6.95. The van der Waals surface area contributed by atoms with Crippen LogP contribution >= 0.6 is 0 Å². The van der Waals surface area contributed by atoms with Crippen molar-refractivity contribution in [2.24, 2.45) is 0 Å². The lowest BCUT2D eigenvalue weighted by Crippen LogP contribution is -2.62. The van der Waals surface area contributed by atoms with Gasteiger partial charge in [0.15, 0.2) is 5.79 Å². The lowest BCUT2D eigenvalue weighted by atomic mass is 9.79. The van der Waals surface area contributed by atoms with Crippen LogP contribution in [0, 0.1) is 0 Å². The standard InChI is InChI=1S/C27H28F6N2O6/c1-23(34-21(36)17-3-7-19(8-4-17)40-26(28,29)30)11-13-25(14-12-23)38-15-24(2,16-39-25)35-22(37)18-5-9-20(10-6-18)41-27(31,32)33/h3-10H,11-16H2,1-2H3,(H,34,36)(H,35,37). The van der Waals surface area contributed by atoms with E-state index in [0.717, 1.165) is 24.3 Å². The van der Waals surface area contributed by atoms with Crippen LogP contribution < -0.4 is 20.1 Å². The molecule has 0 atom stereocenters. The molecule has 1 saturated heterocycles. The van der Waals surface area contributed by atoms with Crippen LogP contribution in [-0.4, -0.2) is 54.6 Å². The number of hydrogen-bond acceptors (Lipinski definition) is 6. The molecule has 2 N–H and O–H groups in total. The van der Waals surface area contributed by atoms with Gasteiger partial charge in [-0.25, -0.2) is 0 Å². The third-order valence-corrected chi connectivity index (χ3v) is 6.95. The molecule has 224 valence electrons. The minimum Gasteiger partial charge on any atom is -0.406 e. The zero-order valence-electron chi connectivity index (χ0n) is 22.1. The van der Waals surface area contributed by atoms with Crippen molar-refractivity contribution in [2.45, 2.75) is 69.1 Å². The molecule has 1 aliphatic heterocycles. The maximum Gasteiger partial charge on any atom is 0.573 e. The number of amides is 2. The first-order valence-corrected chi connectivity index (χ1v) is 12.6. The van der Waals surface area contributed by atoms with Gasteiger partial charge in [0.05, 0.1) is 18.8 Å². The van der Waals surface area contributed by atoms with Crippen LogP contribution in [0.25, 0.3) is 0 Å². The van der Waals surface area contributed by atoms with Crippen LogP contribution in [0.4, 0.5) is 26.3 Å². The molecule has 1 spiro atoms. The largest absolute Gasteiger partial charge is 0.573 e. The van der Waals surface area contributed by atoms with Crippen LogP contribution in [0.5, 0.6) is 11.5 Å². The molecule has 14 heteroatoms. The van der Waals surface area contributed by atoms with Crippen molar-refractivity contribution in [3.8, 4) is 11.5 Å². The minimum absolute atomic E-state index is 0.115. The van der Waals surface area contributed by atoms with E-state index < -0.39 is 52.9 Å². The summed E-state index contributed by atoms with van der Waals surface area (Å²) in [5, 5.41) is 5.73. The summed E-state index contributed by atoms with van der Waals surface area (Å²) < 4.78 is 93.9. The molecule has 0 bridgehead atoms. The Morgan fingerprint density at radius 2 is 1.02 bits per heavy atom. The second kappa shape index (κ2) is 11.0. The first kappa shape index (κ1) is 30.4. The molecule has 1 aliphatic carbocycles. The van der Waals surface area contributed by atoms with Crippen molar-refractivity contribution in [2.75, 3.05) is 13.2 Å². The van der Waals surface area contributed by atoms with Crippen LogP contribution in [0.2, 0.25) is 0 Å². The second-order valence-electron chi connectivity index (χ2n) is 10.7. The lowest BCUT2D eigenvalue weighted by molar-refractivity contribution is -0.303. The molecule has 1 saturated carbocycles. The van der Waals surface area contributed by atoms with Crippen LogP contribution in [0.1, 0.15) is 60.2 Å². The number of carbonyl (C=O) groups excluding carboxylic acids is 2. The van der Waals surface area contributed by atoms with Gasteiger partial charge < -0.3 is 29.6 Å². The molecule has 1 heterocycles. The quantitative estimate of drug-likeness (QED) is 0.433. The molecule has 2 aromatic rings. The average Bonchev–Trinajstić information content (AvgIpc) is 2.87. The van der Waals surface area contributed by atoms with E-state index in [2.05, 4.69) is 20.1 Å². The fraction of sp³-hybridized carbons (Fsp3) is 0.481. The number of hydrogen-bond donors (Lipinski definition) is 2. The highest BCUT2D eigenvalue weighted by molar-refractivity contribution is 5.95. The summed E-state index contributed by atoms with van der Waals surface area (Å²) in [5.41, 5.74) is -1.21. The Balaban J connectivity index is 1.27. The van der Waals surface area contributed by atoms with E-state index in [0.29, 0.717) is 25.7 Å². The normalized spacial score (nSPS) is 26.7. The van der Waals surface area contributed by atoms with E-state index in [1.165, 1.54) is 24.3 Å². The Kier molecular flexibility index (Phi) is 8.20. The van der Waals surface area contributed by atoms with Gasteiger partial charge >= 0.3 is 12.7 Å². The van der Waals surface area contributed by atoms with Crippen molar-refractivity contribution in [1.82, 2.24) is 10.6 Å². The lowest BCUT2D eigenvalue weighted by Gasteiger charge is -2.50. The monoisotopic (exact) mass is 590 g/mol. The fourth-order valence-corrected chi connectivity index (χ4v) is 4.64. The molecule has 2 aliphatic rings. The first-order chi connectivity index (χ1) is 19.0. The highest BCUT2D eigenvalue weighted by Gasteiger charge is 2.48. The predicted molar refractivity (Wildman–Crippen MR) is 131 cm³/mol. The van der Waals surface area contributed by atoms with Crippen molar-refractivity contribution < 1.29 is 54.9 Å². The Labute approximate surface area is 231 Å². The maximum absolute atomic E-state index is 12.7. The zero-order chi connectivity index (χ0) is 30.1. The van der Waals surface area contributed by atoms with Gasteiger partial charge in [-0.05, 0) is 75.2 Å². The fourth-order valence-electron chi connectivity index (χ4n) is 4.64. The number of carbonyl (C=O) groups is 2. The van der Waals surface area contributed by atoms with Gasteiger partial charge in [0.1, 0.15) is 11.5 Å². The Morgan fingerprint density at radius 3 is 1.39 bits per heavy atom. The summed E-state index contributed by atoms with van der Waals surface area (Å²) in [6, 6.07) is 9.15. The number of nitrogens with one attached hydrogen (secondary N) is 2. The van der Waals surface area contributed by atoms with Gasteiger partial charge in [0.25, 0.3) is 11.8 Å². The van der Waals surface area contributed by atoms with Gasteiger partial charge in [0, 0.05) is 29.5 Å². The maximum atomic E-state index is 12.7. The van der Waals surface area contributed by atoms with Gasteiger partial charge in [-0.15, -0.1) is 26.3 Å². The zero-order valence-corrected chi connectivity index (χ0v) is 22.1. The molecule has 0 aromatic heterocycles. The van der Waals surface area contributed by atoms with Crippen molar-refractivity contribution in [3.05, 3.63) is 59.7 Å². The Bertz CT molecular complexity index is 1130. The van der Waals surface area contributed by atoms with Gasteiger partial charge in [-0.1, -0.05) is 0 Å². The highest BCUT2D eigenvalue weighted by atomic mass is 19.4. The molecular weight excluding hydrogens is 562 g/mol. The van der Waals surface area contributed by atoms with Gasteiger partial charge in [0.2, 0.25) is 0 Å². The number of rotatable bonds is 6. The number of benzene rings is 2. The summed E-state index contributed by atoms with van der Waals surface area (Å²) in [4.78, 5) is 25.4. The van der Waals surface area contributed by atoms with Gasteiger partial charge in [-0.3, -0.25) is 9.59 Å². The number of halogens is 6. The Morgan fingerprint density at radius 1 is 0.659 bits per heavy atom.